The Morgan fingerprint density at radius 3 is 2.46 bits per heavy atom. The third-order valence-electron chi connectivity index (χ3n) is 4.27. The number of allylic oxidation sites excluding steroid dienone is 1. The third-order valence-corrected chi connectivity index (χ3v) is 4.27. The minimum atomic E-state index is -4.57. The summed E-state index contributed by atoms with van der Waals surface area (Å²) in [4.78, 5) is 0. The van der Waals surface area contributed by atoms with Gasteiger partial charge in [-0.05, 0) is 11.6 Å². The highest BCUT2D eigenvalue weighted by Crippen LogP contribution is 2.48. The lowest BCUT2D eigenvalue weighted by Crippen LogP contribution is -2.25. The third kappa shape index (κ3) is 2.79. The summed E-state index contributed by atoms with van der Waals surface area (Å²) in [6.07, 6.45) is -4.57. The summed E-state index contributed by atoms with van der Waals surface area (Å²) in [6.45, 7) is 5.67. The van der Waals surface area contributed by atoms with E-state index in [9.17, 15) is 18.4 Å². The van der Waals surface area contributed by atoms with Crippen LogP contribution in [-0.2, 0) is 11.6 Å². The van der Waals surface area contributed by atoms with Crippen LogP contribution >= 0.6 is 0 Å². The maximum atomic E-state index is 13.6. The second-order valence-corrected chi connectivity index (χ2v) is 7.08. The lowest BCUT2D eigenvalue weighted by molar-refractivity contribution is -0.138. The zero-order chi connectivity index (χ0) is 19.3. The van der Waals surface area contributed by atoms with E-state index < -0.39 is 23.1 Å². The van der Waals surface area contributed by atoms with Crippen molar-refractivity contribution in [2.24, 2.45) is 5.73 Å². The molecule has 0 saturated carbocycles. The molecule has 5 nitrogen and oxygen atoms in total. The molecule has 136 valence electrons. The van der Waals surface area contributed by atoms with Gasteiger partial charge in [0.2, 0.25) is 11.8 Å². The van der Waals surface area contributed by atoms with Gasteiger partial charge in [-0.2, -0.15) is 18.4 Å². The summed E-state index contributed by atoms with van der Waals surface area (Å²) < 4.78 is 46.1. The van der Waals surface area contributed by atoms with E-state index in [0.29, 0.717) is 11.3 Å². The number of fused-ring (bicyclic) bond motifs is 1. The molecule has 1 aliphatic rings. The predicted molar refractivity (Wildman–Crippen MR) is 88.0 cm³/mol. The number of benzene rings is 1. The molecular weight excluding hydrogens is 345 g/mol. The van der Waals surface area contributed by atoms with Gasteiger partial charge in [-0.15, -0.1) is 5.10 Å². The van der Waals surface area contributed by atoms with Crippen molar-refractivity contribution in [2.45, 2.75) is 38.3 Å². The minimum Gasteiger partial charge on any atom is -0.420 e. The predicted octanol–water partition coefficient (Wildman–Crippen LogP) is 3.94. The molecule has 2 aromatic rings. The fourth-order valence-corrected chi connectivity index (χ4v) is 3.13. The summed E-state index contributed by atoms with van der Waals surface area (Å²) >= 11 is 0. The molecule has 1 atom stereocenters. The van der Waals surface area contributed by atoms with Crippen molar-refractivity contribution in [1.29, 1.82) is 5.26 Å². The molecule has 0 fully saturated rings. The summed E-state index contributed by atoms with van der Waals surface area (Å²) in [7, 11) is 0. The Morgan fingerprint density at radius 2 is 1.88 bits per heavy atom. The van der Waals surface area contributed by atoms with Crippen LogP contribution in [0, 0.1) is 11.3 Å². The van der Waals surface area contributed by atoms with Gasteiger partial charge in [0.1, 0.15) is 11.6 Å². The molecular formula is C18H17F3N4O. The first kappa shape index (κ1) is 17.9. The first-order valence-corrected chi connectivity index (χ1v) is 7.88. The number of nitrogens with two attached hydrogens (primary N) is 1. The highest BCUT2D eigenvalue weighted by atomic mass is 19.4. The fraction of sp³-hybridized carbons (Fsp3) is 0.333. The van der Waals surface area contributed by atoms with E-state index >= 15 is 0 Å². The van der Waals surface area contributed by atoms with Crippen LogP contribution in [0.1, 0.15) is 49.1 Å². The standard InChI is InChI=1S/C18H17F3N4O/c1-17(2,3)14-13-12(9-6-4-5-7-11(9)18(19,20)21)10(8-22)15(23)26-16(13)25-24-14/h4-7,12H,23H2,1-3H3,(H,24,25)/t12-/m1/s1. The van der Waals surface area contributed by atoms with E-state index in [1.807, 2.05) is 26.8 Å². The number of alkyl halides is 3. The van der Waals surface area contributed by atoms with Crippen LogP contribution in [-0.4, -0.2) is 10.2 Å². The van der Waals surface area contributed by atoms with E-state index in [1.54, 1.807) is 0 Å². The number of nitriles is 1. The number of ether oxygens (including phenoxy) is 1. The molecule has 0 amide bonds. The summed E-state index contributed by atoms with van der Waals surface area (Å²) in [5.41, 5.74) is 5.40. The van der Waals surface area contributed by atoms with Gasteiger partial charge >= 0.3 is 6.18 Å². The quantitative estimate of drug-likeness (QED) is 0.804. The number of rotatable bonds is 1. The normalized spacial score (nSPS) is 17.5. The Hall–Kier alpha value is -2.95. The average Bonchev–Trinajstić information content (AvgIpc) is 2.96. The van der Waals surface area contributed by atoms with Gasteiger partial charge in [-0.1, -0.05) is 39.0 Å². The highest BCUT2D eigenvalue weighted by Gasteiger charge is 2.42. The summed E-state index contributed by atoms with van der Waals surface area (Å²) in [5, 5.41) is 16.5. The Bertz CT molecular complexity index is 929. The van der Waals surface area contributed by atoms with Gasteiger partial charge < -0.3 is 10.5 Å². The van der Waals surface area contributed by atoms with Gasteiger partial charge in [0.05, 0.1) is 17.0 Å². The van der Waals surface area contributed by atoms with Crippen molar-refractivity contribution in [2.75, 3.05) is 0 Å². The Balaban J connectivity index is 2.35. The molecule has 0 unspecified atom stereocenters. The largest absolute Gasteiger partial charge is 0.420 e. The molecule has 3 N–H and O–H groups in total. The maximum absolute atomic E-state index is 13.6. The van der Waals surface area contributed by atoms with Crippen LogP contribution in [0.25, 0.3) is 0 Å². The van der Waals surface area contributed by atoms with Gasteiger partial charge in [0.25, 0.3) is 0 Å². The molecule has 0 radical (unpaired) electrons. The van der Waals surface area contributed by atoms with Crippen LogP contribution in [0.2, 0.25) is 0 Å². The topological polar surface area (TPSA) is 87.7 Å². The molecule has 1 aromatic carbocycles. The van der Waals surface area contributed by atoms with E-state index in [4.69, 9.17) is 10.5 Å². The van der Waals surface area contributed by atoms with Crippen LogP contribution in [0.5, 0.6) is 5.88 Å². The molecule has 0 saturated heterocycles. The number of halogens is 3. The summed E-state index contributed by atoms with van der Waals surface area (Å²) in [6, 6.07) is 7.07. The van der Waals surface area contributed by atoms with E-state index in [-0.39, 0.29) is 22.9 Å². The molecule has 1 aliphatic heterocycles. The number of H-pyrrole nitrogens is 1. The monoisotopic (exact) mass is 362 g/mol. The van der Waals surface area contributed by atoms with Crippen molar-refractivity contribution < 1.29 is 17.9 Å². The van der Waals surface area contributed by atoms with Crippen LogP contribution in [0.3, 0.4) is 0 Å². The smallest absolute Gasteiger partial charge is 0.416 e. The number of aromatic amines is 1. The van der Waals surface area contributed by atoms with Crippen LogP contribution in [0.4, 0.5) is 13.2 Å². The molecule has 3 rings (SSSR count). The van der Waals surface area contributed by atoms with E-state index in [0.717, 1.165) is 6.07 Å². The molecule has 2 heterocycles. The number of hydrogen-bond acceptors (Lipinski definition) is 4. The molecule has 8 heteroatoms. The average molecular weight is 362 g/mol. The molecule has 0 aliphatic carbocycles. The van der Waals surface area contributed by atoms with Gasteiger partial charge in [-0.3, -0.25) is 5.10 Å². The minimum absolute atomic E-state index is 0.0593. The second-order valence-electron chi connectivity index (χ2n) is 7.08. The SMILES string of the molecule is CC(C)(C)c1[nH]nc2c1[C@H](c1ccccc1C(F)(F)F)C(C#N)=C(N)O2. The Morgan fingerprint density at radius 1 is 1.23 bits per heavy atom. The first-order valence-electron chi connectivity index (χ1n) is 7.88. The second kappa shape index (κ2) is 5.80. The zero-order valence-corrected chi connectivity index (χ0v) is 14.4. The lowest BCUT2D eigenvalue weighted by Gasteiger charge is -2.28. The van der Waals surface area contributed by atoms with Crippen molar-refractivity contribution in [3.63, 3.8) is 0 Å². The van der Waals surface area contributed by atoms with E-state index in [2.05, 4.69) is 10.2 Å². The Kier molecular flexibility index (Phi) is 3.98. The molecule has 26 heavy (non-hydrogen) atoms. The zero-order valence-electron chi connectivity index (χ0n) is 14.4. The number of nitrogens with zero attached hydrogens (tertiary/aromatic N) is 2. The Labute approximate surface area is 148 Å². The highest BCUT2D eigenvalue weighted by molar-refractivity contribution is 5.58. The van der Waals surface area contributed by atoms with Gasteiger partial charge in [0, 0.05) is 11.1 Å². The first-order chi connectivity index (χ1) is 12.1. The maximum Gasteiger partial charge on any atom is 0.416 e. The molecule has 0 spiro atoms. The van der Waals surface area contributed by atoms with Gasteiger partial charge in [0.15, 0.2) is 0 Å². The van der Waals surface area contributed by atoms with Crippen molar-refractivity contribution >= 4 is 0 Å². The summed E-state index contributed by atoms with van der Waals surface area (Å²) in [5.74, 6) is -1.17. The molecule has 1 aromatic heterocycles. The number of hydrogen-bond donors (Lipinski definition) is 2. The fourth-order valence-electron chi connectivity index (χ4n) is 3.13. The lowest BCUT2D eigenvalue weighted by atomic mass is 9.77. The van der Waals surface area contributed by atoms with Crippen LogP contribution in [0.15, 0.2) is 35.7 Å². The van der Waals surface area contributed by atoms with E-state index in [1.165, 1.54) is 18.2 Å². The van der Waals surface area contributed by atoms with Gasteiger partial charge in [-0.25, -0.2) is 0 Å². The molecule has 0 bridgehead atoms. The number of aromatic nitrogens is 2. The van der Waals surface area contributed by atoms with Crippen molar-refractivity contribution in [3.05, 3.63) is 58.1 Å². The number of nitrogens with one attached hydrogen (secondary N) is 1. The van der Waals surface area contributed by atoms with Crippen molar-refractivity contribution in [1.82, 2.24) is 10.2 Å². The van der Waals surface area contributed by atoms with Crippen molar-refractivity contribution in [3.8, 4) is 11.9 Å². The van der Waals surface area contributed by atoms with Crippen LogP contribution < -0.4 is 10.5 Å².